The van der Waals surface area contributed by atoms with Gasteiger partial charge < -0.3 is 9.67 Å². The van der Waals surface area contributed by atoms with Crippen LogP contribution in [0.3, 0.4) is 0 Å². The summed E-state index contributed by atoms with van der Waals surface area (Å²) in [5.41, 5.74) is 8.16. The van der Waals surface area contributed by atoms with Crippen LogP contribution >= 0.6 is 0 Å². The number of carbonyl (C=O) groups is 1. The van der Waals surface area contributed by atoms with Crippen molar-refractivity contribution >= 4 is 27.8 Å². The van der Waals surface area contributed by atoms with Crippen LogP contribution < -0.4 is 0 Å². The number of aromatic carboxylic acids is 1. The van der Waals surface area contributed by atoms with E-state index in [2.05, 4.69) is 85.1 Å². The Balaban J connectivity index is 1.63. The van der Waals surface area contributed by atoms with E-state index in [1.807, 2.05) is 12.1 Å². The number of fused-ring (bicyclic) bond motifs is 6. The summed E-state index contributed by atoms with van der Waals surface area (Å²) >= 11 is 0. The number of benzene rings is 4. The zero-order valence-corrected chi connectivity index (χ0v) is 17.4. The highest BCUT2D eigenvalue weighted by atomic mass is 16.4. The van der Waals surface area contributed by atoms with E-state index in [9.17, 15) is 9.90 Å². The molecule has 4 aromatic carbocycles. The van der Waals surface area contributed by atoms with E-state index in [0.29, 0.717) is 5.56 Å². The zero-order valence-electron chi connectivity index (χ0n) is 17.4. The van der Waals surface area contributed by atoms with Crippen molar-refractivity contribution in [1.82, 2.24) is 4.57 Å². The standard InChI is InChI=1S/C28H21NO2/c1-28(2)23-14-11-17(27(30)31)15-22(23)19-13-12-18(16-24(19)28)29-25-9-5-3-7-20(25)21-8-4-6-10-26(21)29/h3-16H,1-2H3,(H,30,31). The van der Waals surface area contributed by atoms with Crippen molar-refractivity contribution < 1.29 is 9.90 Å². The van der Waals surface area contributed by atoms with Gasteiger partial charge in [-0.3, -0.25) is 0 Å². The second-order valence-electron chi connectivity index (χ2n) is 8.79. The maximum absolute atomic E-state index is 11.5. The Bertz CT molecular complexity index is 1480. The fourth-order valence-electron chi connectivity index (χ4n) is 5.21. The highest BCUT2D eigenvalue weighted by molar-refractivity contribution is 6.09. The molecule has 1 heterocycles. The predicted octanol–water partition coefficient (Wildman–Crippen LogP) is 6.79. The quantitative estimate of drug-likeness (QED) is 0.353. The van der Waals surface area contributed by atoms with Crippen molar-refractivity contribution in [3.05, 3.63) is 102 Å². The Kier molecular flexibility index (Phi) is 3.52. The third-order valence-electron chi connectivity index (χ3n) is 6.74. The SMILES string of the molecule is CC1(C)c2ccc(C(=O)O)cc2-c2ccc(-n3c4ccccc4c4ccccc43)cc21. The summed E-state index contributed by atoms with van der Waals surface area (Å²) in [5, 5.41) is 11.9. The lowest BCUT2D eigenvalue weighted by Gasteiger charge is -2.22. The molecule has 0 spiro atoms. The first-order chi connectivity index (χ1) is 15.0. The first-order valence-electron chi connectivity index (χ1n) is 10.5. The Morgan fingerprint density at radius 3 is 2.03 bits per heavy atom. The van der Waals surface area contributed by atoms with E-state index in [4.69, 9.17) is 0 Å². The van der Waals surface area contributed by atoms with Crippen LogP contribution in [-0.2, 0) is 5.41 Å². The third kappa shape index (κ3) is 2.37. The highest BCUT2D eigenvalue weighted by Crippen LogP contribution is 2.49. The van der Waals surface area contributed by atoms with Gasteiger partial charge >= 0.3 is 5.97 Å². The van der Waals surface area contributed by atoms with E-state index in [0.717, 1.165) is 16.8 Å². The van der Waals surface area contributed by atoms with Crippen LogP contribution in [0.4, 0.5) is 0 Å². The average molecular weight is 403 g/mol. The minimum atomic E-state index is -0.893. The zero-order chi connectivity index (χ0) is 21.3. The van der Waals surface area contributed by atoms with Crippen molar-refractivity contribution in [2.45, 2.75) is 19.3 Å². The molecule has 0 saturated heterocycles. The van der Waals surface area contributed by atoms with Gasteiger partial charge in [0.2, 0.25) is 0 Å². The van der Waals surface area contributed by atoms with Crippen LogP contribution in [0.15, 0.2) is 84.9 Å². The second-order valence-corrected chi connectivity index (χ2v) is 8.79. The minimum Gasteiger partial charge on any atom is -0.478 e. The lowest BCUT2D eigenvalue weighted by molar-refractivity contribution is 0.0697. The van der Waals surface area contributed by atoms with Crippen molar-refractivity contribution in [1.29, 1.82) is 0 Å². The summed E-state index contributed by atoms with van der Waals surface area (Å²) < 4.78 is 2.33. The summed E-state index contributed by atoms with van der Waals surface area (Å²) in [4.78, 5) is 11.5. The number of carboxylic acid groups (broad SMARTS) is 1. The molecule has 3 nitrogen and oxygen atoms in total. The molecule has 0 amide bonds. The molecule has 0 radical (unpaired) electrons. The maximum atomic E-state index is 11.5. The molecule has 5 aromatic rings. The molecule has 0 atom stereocenters. The first-order valence-corrected chi connectivity index (χ1v) is 10.5. The van der Waals surface area contributed by atoms with Gasteiger partial charge in [0, 0.05) is 21.9 Å². The molecule has 1 aromatic heterocycles. The van der Waals surface area contributed by atoms with Crippen molar-refractivity contribution in [2.75, 3.05) is 0 Å². The summed E-state index contributed by atoms with van der Waals surface area (Å²) in [7, 11) is 0. The van der Waals surface area contributed by atoms with Crippen LogP contribution in [0, 0.1) is 0 Å². The van der Waals surface area contributed by atoms with Crippen LogP contribution in [-0.4, -0.2) is 15.6 Å². The van der Waals surface area contributed by atoms with Gasteiger partial charge in [-0.2, -0.15) is 0 Å². The number of aromatic nitrogens is 1. The van der Waals surface area contributed by atoms with Gasteiger partial charge in [0.1, 0.15) is 0 Å². The van der Waals surface area contributed by atoms with E-state index in [1.54, 1.807) is 6.07 Å². The molecule has 0 saturated carbocycles. The van der Waals surface area contributed by atoms with Crippen LogP contribution in [0.25, 0.3) is 38.6 Å². The molecule has 0 unspecified atom stereocenters. The van der Waals surface area contributed by atoms with E-state index < -0.39 is 5.97 Å². The lowest BCUT2D eigenvalue weighted by atomic mass is 9.82. The molecule has 0 fully saturated rings. The van der Waals surface area contributed by atoms with Crippen LogP contribution in [0.2, 0.25) is 0 Å². The molecular weight excluding hydrogens is 382 g/mol. The van der Waals surface area contributed by atoms with Gasteiger partial charge in [0.15, 0.2) is 0 Å². The lowest BCUT2D eigenvalue weighted by Crippen LogP contribution is -2.15. The molecule has 0 bridgehead atoms. The highest BCUT2D eigenvalue weighted by Gasteiger charge is 2.36. The topological polar surface area (TPSA) is 42.2 Å². The molecule has 3 heteroatoms. The molecule has 1 aliphatic rings. The number of rotatable bonds is 2. The van der Waals surface area contributed by atoms with E-state index in [-0.39, 0.29) is 5.41 Å². The number of hydrogen-bond donors (Lipinski definition) is 1. The van der Waals surface area contributed by atoms with Crippen molar-refractivity contribution in [3.63, 3.8) is 0 Å². The van der Waals surface area contributed by atoms with Crippen molar-refractivity contribution in [2.24, 2.45) is 0 Å². The van der Waals surface area contributed by atoms with Gasteiger partial charge in [-0.25, -0.2) is 4.79 Å². The third-order valence-corrected chi connectivity index (χ3v) is 6.74. The molecule has 150 valence electrons. The minimum absolute atomic E-state index is 0.198. The molecular formula is C28H21NO2. The largest absolute Gasteiger partial charge is 0.478 e. The summed E-state index contributed by atoms with van der Waals surface area (Å²) in [5.74, 6) is -0.893. The predicted molar refractivity (Wildman–Crippen MR) is 125 cm³/mol. The summed E-state index contributed by atoms with van der Waals surface area (Å²) in [6.07, 6.45) is 0. The number of hydrogen-bond acceptors (Lipinski definition) is 1. The van der Waals surface area contributed by atoms with E-state index >= 15 is 0 Å². The molecule has 1 aliphatic carbocycles. The fourth-order valence-corrected chi connectivity index (χ4v) is 5.21. The Morgan fingerprint density at radius 2 is 1.39 bits per heavy atom. The number of carboxylic acids is 1. The van der Waals surface area contributed by atoms with Crippen LogP contribution in [0.5, 0.6) is 0 Å². The summed E-state index contributed by atoms with van der Waals surface area (Å²) in [6.45, 7) is 4.43. The number of nitrogens with zero attached hydrogens (tertiary/aromatic N) is 1. The van der Waals surface area contributed by atoms with Crippen LogP contribution in [0.1, 0.15) is 35.3 Å². The normalized spacial score (nSPS) is 14.0. The number of para-hydroxylation sites is 2. The monoisotopic (exact) mass is 403 g/mol. The van der Waals surface area contributed by atoms with Crippen molar-refractivity contribution in [3.8, 4) is 16.8 Å². The molecule has 6 rings (SSSR count). The fraction of sp³-hybridized carbons (Fsp3) is 0.107. The van der Waals surface area contributed by atoms with Gasteiger partial charge in [-0.1, -0.05) is 62.4 Å². The summed E-state index contributed by atoms with van der Waals surface area (Å²) in [6, 6.07) is 29.1. The smallest absolute Gasteiger partial charge is 0.335 e. The molecule has 31 heavy (non-hydrogen) atoms. The molecule has 0 aliphatic heterocycles. The average Bonchev–Trinajstić information content (AvgIpc) is 3.23. The Labute approximate surface area is 180 Å². The van der Waals surface area contributed by atoms with Gasteiger partial charge in [0.25, 0.3) is 0 Å². The molecule has 1 N–H and O–H groups in total. The Morgan fingerprint density at radius 1 is 0.742 bits per heavy atom. The second kappa shape index (κ2) is 6.08. The Hall–Kier alpha value is -3.85. The van der Waals surface area contributed by atoms with Gasteiger partial charge in [-0.05, 0) is 58.7 Å². The first kappa shape index (κ1) is 18.0. The van der Waals surface area contributed by atoms with Gasteiger partial charge in [0.05, 0.1) is 16.6 Å². The van der Waals surface area contributed by atoms with E-state index in [1.165, 1.54) is 32.9 Å². The van der Waals surface area contributed by atoms with Gasteiger partial charge in [-0.15, -0.1) is 0 Å². The maximum Gasteiger partial charge on any atom is 0.335 e.